The van der Waals surface area contributed by atoms with Gasteiger partial charge in [0.1, 0.15) is 0 Å². The lowest BCUT2D eigenvalue weighted by atomic mass is 10.2. The molecule has 2 rings (SSSR count). The van der Waals surface area contributed by atoms with Gasteiger partial charge in [0.15, 0.2) is 5.75 Å². The molecule has 0 spiro atoms. The van der Waals surface area contributed by atoms with E-state index < -0.39 is 12.1 Å². The molecule has 1 heterocycles. The fourth-order valence-electron chi connectivity index (χ4n) is 1.86. The Morgan fingerprint density at radius 2 is 2.00 bits per heavy atom. The molecule has 0 aliphatic carbocycles. The second kappa shape index (κ2) is 4.49. The first-order valence-corrected chi connectivity index (χ1v) is 5.27. The third-order valence-corrected chi connectivity index (χ3v) is 2.54. The van der Waals surface area contributed by atoms with Crippen molar-refractivity contribution in [2.75, 3.05) is 11.4 Å². The topological polar surface area (TPSA) is 55.6 Å². The molecule has 1 aromatic carbocycles. The third-order valence-electron chi connectivity index (χ3n) is 2.54. The van der Waals surface area contributed by atoms with E-state index in [2.05, 4.69) is 4.74 Å². The van der Waals surface area contributed by atoms with Crippen molar-refractivity contribution in [2.24, 2.45) is 5.73 Å². The number of rotatable bonds is 2. The van der Waals surface area contributed by atoms with Crippen molar-refractivity contribution in [1.29, 1.82) is 0 Å². The minimum Gasteiger partial charge on any atom is -0.404 e. The van der Waals surface area contributed by atoms with Crippen LogP contribution in [0.3, 0.4) is 0 Å². The number of para-hydroxylation sites is 2. The van der Waals surface area contributed by atoms with Gasteiger partial charge in [-0.25, -0.2) is 0 Å². The lowest BCUT2D eigenvalue weighted by Crippen LogP contribution is -2.29. The van der Waals surface area contributed by atoms with Gasteiger partial charge < -0.3 is 15.4 Å². The summed E-state index contributed by atoms with van der Waals surface area (Å²) in [7, 11) is 0. The molecule has 1 aliphatic heterocycles. The van der Waals surface area contributed by atoms with E-state index in [9.17, 15) is 18.0 Å². The van der Waals surface area contributed by atoms with Gasteiger partial charge in [-0.3, -0.25) is 4.79 Å². The Bertz CT molecular complexity index is 462. The number of nitrogens with zero attached hydrogens (tertiary/aromatic N) is 1. The summed E-state index contributed by atoms with van der Waals surface area (Å²) in [5.41, 5.74) is 5.70. The maximum atomic E-state index is 12.2. The first kappa shape index (κ1) is 12.7. The second-order valence-electron chi connectivity index (χ2n) is 3.98. The average Bonchev–Trinajstić information content (AvgIpc) is 2.56. The largest absolute Gasteiger partial charge is 0.573 e. The van der Waals surface area contributed by atoms with E-state index in [1.54, 1.807) is 0 Å². The van der Waals surface area contributed by atoms with Crippen LogP contribution in [-0.2, 0) is 4.79 Å². The smallest absolute Gasteiger partial charge is 0.404 e. The van der Waals surface area contributed by atoms with Crippen LogP contribution >= 0.6 is 0 Å². The van der Waals surface area contributed by atoms with Gasteiger partial charge in [0.25, 0.3) is 0 Å². The Morgan fingerprint density at radius 1 is 1.33 bits per heavy atom. The number of anilines is 1. The predicted octanol–water partition coefficient (Wildman–Crippen LogP) is 1.65. The van der Waals surface area contributed by atoms with Crippen molar-refractivity contribution in [3.63, 3.8) is 0 Å². The number of nitrogens with two attached hydrogens (primary N) is 1. The molecule has 4 nitrogen and oxygen atoms in total. The summed E-state index contributed by atoms with van der Waals surface area (Å²) in [4.78, 5) is 12.8. The SMILES string of the molecule is NC1CC(=O)N(c2ccccc2OC(F)(F)F)C1. The highest BCUT2D eigenvalue weighted by molar-refractivity contribution is 5.97. The number of amides is 1. The molecule has 0 radical (unpaired) electrons. The standard InChI is InChI=1S/C11H11F3N2O2/c12-11(13,14)18-9-4-2-1-3-8(9)16-6-7(15)5-10(16)17/h1-4,7H,5-6,15H2. The summed E-state index contributed by atoms with van der Waals surface area (Å²) in [6.45, 7) is 0.192. The van der Waals surface area contributed by atoms with E-state index in [0.29, 0.717) is 0 Å². The fraction of sp³-hybridized carbons (Fsp3) is 0.364. The van der Waals surface area contributed by atoms with E-state index in [0.717, 1.165) is 0 Å². The van der Waals surface area contributed by atoms with Crippen LogP contribution in [0.25, 0.3) is 0 Å². The molecule has 1 aromatic rings. The molecule has 1 unspecified atom stereocenters. The maximum absolute atomic E-state index is 12.2. The lowest BCUT2D eigenvalue weighted by molar-refractivity contribution is -0.274. The summed E-state index contributed by atoms with van der Waals surface area (Å²) in [5.74, 6) is -0.701. The van der Waals surface area contributed by atoms with Crippen molar-refractivity contribution in [3.8, 4) is 5.75 Å². The Labute approximate surface area is 101 Å². The number of carbonyl (C=O) groups is 1. The number of ether oxygens (including phenoxy) is 1. The first-order chi connectivity index (χ1) is 8.37. The Kier molecular flexibility index (Phi) is 3.16. The molecule has 18 heavy (non-hydrogen) atoms. The van der Waals surface area contributed by atoms with Crippen molar-refractivity contribution in [2.45, 2.75) is 18.8 Å². The highest BCUT2D eigenvalue weighted by Crippen LogP contribution is 2.34. The average molecular weight is 260 g/mol. The normalized spacial score (nSPS) is 20.3. The zero-order valence-corrected chi connectivity index (χ0v) is 9.28. The van der Waals surface area contributed by atoms with Gasteiger partial charge in [-0.1, -0.05) is 12.1 Å². The van der Waals surface area contributed by atoms with E-state index >= 15 is 0 Å². The number of benzene rings is 1. The van der Waals surface area contributed by atoms with Crippen LogP contribution in [0.4, 0.5) is 18.9 Å². The zero-order chi connectivity index (χ0) is 13.3. The number of hydrogen-bond donors (Lipinski definition) is 1. The van der Waals surface area contributed by atoms with Crippen molar-refractivity contribution >= 4 is 11.6 Å². The molecule has 0 saturated carbocycles. The van der Waals surface area contributed by atoms with Gasteiger partial charge in [0.05, 0.1) is 5.69 Å². The highest BCUT2D eigenvalue weighted by atomic mass is 19.4. The number of halogens is 3. The summed E-state index contributed by atoms with van der Waals surface area (Å²) in [6, 6.07) is 5.15. The van der Waals surface area contributed by atoms with Crippen LogP contribution in [0.15, 0.2) is 24.3 Å². The van der Waals surface area contributed by atoms with E-state index in [-0.39, 0.29) is 30.6 Å². The van der Waals surface area contributed by atoms with Crippen molar-refractivity contribution in [1.82, 2.24) is 0 Å². The van der Waals surface area contributed by atoms with Crippen molar-refractivity contribution < 1.29 is 22.7 Å². The lowest BCUT2D eigenvalue weighted by Gasteiger charge is -2.20. The molecule has 1 atom stereocenters. The molecule has 0 aromatic heterocycles. The van der Waals surface area contributed by atoms with Crippen LogP contribution in [0.5, 0.6) is 5.75 Å². The summed E-state index contributed by atoms with van der Waals surface area (Å²) < 4.78 is 40.6. The zero-order valence-electron chi connectivity index (χ0n) is 9.28. The highest BCUT2D eigenvalue weighted by Gasteiger charge is 2.35. The molecule has 1 fully saturated rings. The maximum Gasteiger partial charge on any atom is 0.573 e. The van der Waals surface area contributed by atoms with Crippen molar-refractivity contribution in [3.05, 3.63) is 24.3 Å². The third kappa shape index (κ3) is 2.73. The summed E-state index contributed by atoms with van der Waals surface area (Å²) >= 11 is 0. The molecular weight excluding hydrogens is 249 g/mol. The molecule has 0 bridgehead atoms. The quantitative estimate of drug-likeness (QED) is 0.879. The van der Waals surface area contributed by atoms with Gasteiger partial charge in [0, 0.05) is 19.0 Å². The van der Waals surface area contributed by atoms with E-state index in [1.165, 1.54) is 29.2 Å². The number of alkyl halides is 3. The molecular formula is C11H11F3N2O2. The first-order valence-electron chi connectivity index (χ1n) is 5.27. The Hall–Kier alpha value is -1.76. The number of carbonyl (C=O) groups excluding carboxylic acids is 1. The molecule has 98 valence electrons. The molecule has 1 saturated heterocycles. The fourth-order valence-corrected chi connectivity index (χ4v) is 1.86. The predicted molar refractivity (Wildman–Crippen MR) is 58.1 cm³/mol. The second-order valence-corrected chi connectivity index (χ2v) is 3.98. The van der Waals surface area contributed by atoms with Gasteiger partial charge in [-0.2, -0.15) is 0 Å². The monoisotopic (exact) mass is 260 g/mol. The van der Waals surface area contributed by atoms with Crippen LogP contribution in [-0.4, -0.2) is 24.9 Å². The van der Waals surface area contributed by atoms with E-state index in [1.807, 2.05) is 0 Å². The van der Waals surface area contributed by atoms with Crippen LogP contribution in [0, 0.1) is 0 Å². The Balaban J connectivity index is 2.30. The summed E-state index contributed by atoms with van der Waals surface area (Å²) in [5, 5.41) is 0. The molecule has 7 heteroatoms. The Morgan fingerprint density at radius 3 is 2.56 bits per heavy atom. The van der Waals surface area contributed by atoms with E-state index in [4.69, 9.17) is 5.73 Å². The minimum atomic E-state index is -4.79. The van der Waals surface area contributed by atoms with Crippen LogP contribution < -0.4 is 15.4 Å². The van der Waals surface area contributed by atoms with Gasteiger partial charge in [-0.15, -0.1) is 13.2 Å². The minimum absolute atomic E-state index is 0.0905. The van der Waals surface area contributed by atoms with Crippen LogP contribution in [0.1, 0.15) is 6.42 Å². The van der Waals surface area contributed by atoms with Crippen LogP contribution in [0.2, 0.25) is 0 Å². The molecule has 1 aliphatic rings. The van der Waals surface area contributed by atoms with Gasteiger partial charge in [0.2, 0.25) is 5.91 Å². The summed E-state index contributed by atoms with van der Waals surface area (Å²) in [6.07, 6.45) is -4.67. The van der Waals surface area contributed by atoms with Gasteiger partial charge >= 0.3 is 6.36 Å². The number of hydrogen-bond acceptors (Lipinski definition) is 3. The molecule has 2 N–H and O–H groups in total. The van der Waals surface area contributed by atoms with Gasteiger partial charge in [-0.05, 0) is 12.1 Å². The molecule has 1 amide bonds.